The van der Waals surface area contributed by atoms with Gasteiger partial charge in [-0.3, -0.25) is 5.10 Å². The van der Waals surface area contributed by atoms with E-state index in [9.17, 15) is 8.78 Å². The number of halogens is 2. The van der Waals surface area contributed by atoms with Crippen molar-refractivity contribution in [2.45, 2.75) is 6.42 Å². The van der Waals surface area contributed by atoms with E-state index in [1.807, 2.05) is 0 Å². The summed E-state index contributed by atoms with van der Waals surface area (Å²) in [4.78, 5) is 0. The minimum Gasteiger partial charge on any atom is -0.490 e. The first kappa shape index (κ1) is 10.1. The van der Waals surface area contributed by atoms with Crippen molar-refractivity contribution < 1.29 is 13.5 Å². The fourth-order valence-electron chi connectivity index (χ4n) is 2.09. The largest absolute Gasteiger partial charge is 0.490 e. The third kappa shape index (κ3) is 1.37. The van der Waals surface area contributed by atoms with Crippen LogP contribution in [0.15, 0.2) is 12.3 Å². The van der Waals surface area contributed by atoms with E-state index >= 15 is 0 Å². The summed E-state index contributed by atoms with van der Waals surface area (Å²) < 4.78 is 32.5. The number of ether oxygens (including phenoxy) is 1. The van der Waals surface area contributed by atoms with Crippen LogP contribution in [0.25, 0.3) is 11.1 Å². The Bertz CT molecular complexity index is 595. The van der Waals surface area contributed by atoms with Gasteiger partial charge in [0.15, 0.2) is 11.6 Å². The van der Waals surface area contributed by atoms with Gasteiger partial charge in [-0.2, -0.15) is 5.10 Å². The Hall–Kier alpha value is -2.11. The van der Waals surface area contributed by atoms with E-state index in [1.165, 1.54) is 6.20 Å². The van der Waals surface area contributed by atoms with Gasteiger partial charge in [-0.15, -0.1) is 0 Å². The fourth-order valence-corrected chi connectivity index (χ4v) is 2.09. The highest BCUT2D eigenvalue weighted by Crippen LogP contribution is 2.40. The van der Waals surface area contributed by atoms with Gasteiger partial charge in [-0.25, -0.2) is 8.78 Å². The first-order chi connectivity index (χ1) is 8.18. The first-order valence-electron chi connectivity index (χ1n) is 5.11. The van der Waals surface area contributed by atoms with Crippen molar-refractivity contribution in [3.8, 4) is 16.9 Å². The molecule has 17 heavy (non-hydrogen) atoms. The van der Waals surface area contributed by atoms with Crippen LogP contribution >= 0.6 is 0 Å². The Balaban J connectivity index is 2.31. The third-order valence-corrected chi connectivity index (χ3v) is 2.82. The van der Waals surface area contributed by atoms with E-state index in [-0.39, 0.29) is 17.1 Å². The molecular weight excluding hydrogens is 228 g/mol. The van der Waals surface area contributed by atoms with Gasteiger partial charge in [-0.1, -0.05) is 0 Å². The highest BCUT2D eigenvalue weighted by Gasteiger charge is 2.26. The topological polar surface area (TPSA) is 63.9 Å². The number of anilines is 1. The second-order valence-electron chi connectivity index (χ2n) is 3.82. The molecule has 0 spiro atoms. The van der Waals surface area contributed by atoms with Crippen molar-refractivity contribution in [1.82, 2.24) is 10.2 Å². The number of nitrogens with two attached hydrogens (primary N) is 1. The Morgan fingerprint density at radius 2 is 2.18 bits per heavy atom. The number of aromatic amines is 1. The number of fused-ring (bicyclic) bond motifs is 1. The summed E-state index contributed by atoms with van der Waals surface area (Å²) in [7, 11) is 0. The molecule has 0 atom stereocenters. The van der Waals surface area contributed by atoms with Crippen molar-refractivity contribution in [2.75, 3.05) is 12.3 Å². The van der Waals surface area contributed by atoms with Gasteiger partial charge in [0.25, 0.3) is 0 Å². The maximum atomic E-state index is 13.9. The third-order valence-electron chi connectivity index (χ3n) is 2.82. The predicted octanol–water partition coefficient (Wildman–Crippen LogP) is 1.87. The lowest BCUT2D eigenvalue weighted by molar-refractivity contribution is 0.338. The molecule has 0 bridgehead atoms. The molecule has 1 aliphatic heterocycles. The van der Waals surface area contributed by atoms with E-state index < -0.39 is 11.6 Å². The monoisotopic (exact) mass is 237 g/mol. The number of nitrogens with one attached hydrogen (secondary N) is 1. The molecule has 88 valence electrons. The zero-order valence-corrected chi connectivity index (χ0v) is 8.76. The van der Waals surface area contributed by atoms with Gasteiger partial charge in [0.2, 0.25) is 0 Å². The van der Waals surface area contributed by atoms with Crippen LogP contribution in [0.1, 0.15) is 5.56 Å². The van der Waals surface area contributed by atoms with Crippen LogP contribution in [0.5, 0.6) is 5.75 Å². The van der Waals surface area contributed by atoms with Gasteiger partial charge >= 0.3 is 0 Å². The number of nitrogens with zero attached hydrogens (tertiary/aromatic N) is 1. The zero-order chi connectivity index (χ0) is 12.0. The van der Waals surface area contributed by atoms with Crippen molar-refractivity contribution in [3.63, 3.8) is 0 Å². The van der Waals surface area contributed by atoms with Crippen LogP contribution < -0.4 is 10.5 Å². The normalized spacial score (nSPS) is 13.5. The molecule has 1 aromatic carbocycles. The quantitative estimate of drug-likeness (QED) is 0.795. The van der Waals surface area contributed by atoms with Crippen LogP contribution in [0, 0.1) is 11.6 Å². The summed E-state index contributed by atoms with van der Waals surface area (Å²) in [5.74, 6) is -0.965. The van der Waals surface area contributed by atoms with Crippen LogP contribution in [0.3, 0.4) is 0 Å². The average Bonchev–Trinajstić information content (AvgIpc) is 2.88. The number of aromatic nitrogens is 2. The van der Waals surface area contributed by atoms with Gasteiger partial charge in [-0.05, 0) is 0 Å². The van der Waals surface area contributed by atoms with Gasteiger partial charge < -0.3 is 10.5 Å². The molecule has 0 aliphatic carbocycles. The number of hydrogen-bond donors (Lipinski definition) is 2. The number of H-pyrrole nitrogens is 1. The van der Waals surface area contributed by atoms with Gasteiger partial charge in [0.05, 0.1) is 12.8 Å². The molecule has 2 aromatic rings. The molecule has 0 unspecified atom stereocenters. The smallest absolute Gasteiger partial charge is 0.168 e. The predicted molar refractivity (Wildman–Crippen MR) is 57.6 cm³/mol. The Morgan fingerprint density at radius 3 is 2.88 bits per heavy atom. The van der Waals surface area contributed by atoms with Crippen LogP contribution in [-0.4, -0.2) is 16.8 Å². The lowest BCUT2D eigenvalue weighted by Gasteiger charge is -2.08. The lowest BCUT2D eigenvalue weighted by atomic mass is 9.99. The average molecular weight is 237 g/mol. The molecule has 0 saturated carbocycles. The summed E-state index contributed by atoms with van der Waals surface area (Å²) in [6.07, 6.45) is 1.88. The second kappa shape index (κ2) is 3.44. The molecule has 0 fully saturated rings. The standard InChI is InChI=1S/C11H9F2N3O/c12-7-3-8(13)10-5(1-2-17-10)9(7)6-4-15-16-11(6)14/h3-4H,1-2H2,(H3,14,15,16). The van der Waals surface area contributed by atoms with Crippen LogP contribution in [0.4, 0.5) is 14.6 Å². The lowest BCUT2D eigenvalue weighted by Crippen LogP contribution is -1.96. The number of nitrogen functional groups attached to an aromatic ring is 1. The summed E-state index contributed by atoms with van der Waals surface area (Å²) in [6, 6.07) is 0.811. The van der Waals surface area contributed by atoms with E-state index in [4.69, 9.17) is 10.5 Å². The number of rotatable bonds is 1. The summed E-state index contributed by atoms with van der Waals surface area (Å²) in [6.45, 7) is 0.348. The van der Waals surface area contributed by atoms with E-state index in [2.05, 4.69) is 10.2 Å². The summed E-state index contributed by atoms with van der Waals surface area (Å²) in [5.41, 5.74) is 6.87. The second-order valence-corrected chi connectivity index (χ2v) is 3.82. The molecule has 3 rings (SSSR count). The molecule has 2 heterocycles. The van der Waals surface area contributed by atoms with E-state index in [1.54, 1.807) is 0 Å². The van der Waals surface area contributed by atoms with Crippen molar-refractivity contribution in [3.05, 3.63) is 29.5 Å². The summed E-state index contributed by atoms with van der Waals surface area (Å²) >= 11 is 0. The fraction of sp³-hybridized carbons (Fsp3) is 0.182. The molecule has 1 aromatic heterocycles. The maximum absolute atomic E-state index is 13.9. The van der Waals surface area contributed by atoms with Crippen LogP contribution in [0.2, 0.25) is 0 Å². The summed E-state index contributed by atoms with van der Waals surface area (Å²) in [5, 5.41) is 6.26. The van der Waals surface area contributed by atoms with E-state index in [0.717, 1.165) is 6.07 Å². The van der Waals surface area contributed by atoms with Gasteiger partial charge in [0.1, 0.15) is 11.6 Å². The molecular formula is C11H9F2N3O. The zero-order valence-electron chi connectivity index (χ0n) is 8.76. The molecule has 0 amide bonds. The van der Waals surface area contributed by atoms with Gasteiger partial charge in [0, 0.05) is 29.2 Å². The van der Waals surface area contributed by atoms with Crippen molar-refractivity contribution in [1.29, 1.82) is 0 Å². The van der Waals surface area contributed by atoms with Crippen molar-refractivity contribution in [2.24, 2.45) is 0 Å². The molecule has 6 heteroatoms. The molecule has 1 aliphatic rings. The maximum Gasteiger partial charge on any atom is 0.168 e. The van der Waals surface area contributed by atoms with Crippen LogP contribution in [-0.2, 0) is 6.42 Å². The first-order valence-corrected chi connectivity index (χ1v) is 5.11. The molecule has 4 nitrogen and oxygen atoms in total. The Morgan fingerprint density at radius 1 is 1.35 bits per heavy atom. The molecule has 3 N–H and O–H groups in total. The Kier molecular flexibility index (Phi) is 2.04. The number of benzene rings is 1. The minimum absolute atomic E-state index is 0.113. The van der Waals surface area contributed by atoms with E-state index in [0.29, 0.717) is 24.2 Å². The highest BCUT2D eigenvalue weighted by atomic mass is 19.1. The van der Waals surface area contributed by atoms with Crippen molar-refractivity contribution >= 4 is 5.82 Å². The molecule has 0 saturated heterocycles. The minimum atomic E-state index is -0.680. The molecule has 0 radical (unpaired) electrons. The SMILES string of the molecule is Nc1[nH]ncc1-c1c(F)cc(F)c2c1CCO2. The highest BCUT2D eigenvalue weighted by molar-refractivity contribution is 5.78. The number of hydrogen-bond acceptors (Lipinski definition) is 3. The Labute approximate surface area is 95.4 Å².